The molecule has 0 fully saturated rings. The summed E-state index contributed by atoms with van der Waals surface area (Å²) >= 11 is 0. The minimum absolute atomic E-state index is 0.113. The number of rotatable bonds is 11. The van der Waals surface area contributed by atoms with Crippen molar-refractivity contribution >= 4 is 17.3 Å². The number of likely N-dealkylation sites (N-methyl/N-ethyl adjacent to an activating group) is 2. The number of carbonyl (C=O) groups is 2. The van der Waals surface area contributed by atoms with Crippen LogP contribution in [0.1, 0.15) is 31.7 Å². The lowest BCUT2D eigenvalue weighted by Gasteiger charge is -2.18. The number of nitrogens with one attached hydrogen (secondary N) is 1. The van der Waals surface area contributed by atoms with Gasteiger partial charge in [-0.25, -0.2) is 4.79 Å². The Bertz CT molecular complexity index is 670. The average molecular weight is 364 g/mol. The largest absolute Gasteiger partial charge is 0.504 e. The summed E-state index contributed by atoms with van der Waals surface area (Å²) in [4.78, 5) is 26.5. The van der Waals surface area contributed by atoms with Gasteiger partial charge in [0.25, 0.3) is 0 Å². The second-order valence-electron chi connectivity index (χ2n) is 6.23. The molecule has 0 saturated heterocycles. The first kappa shape index (κ1) is 21.7. The molecular weight excluding hydrogens is 336 g/mol. The Balaban J connectivity index is 3.29. The third kappa shape index (κ3) is 6.16. The first-order valence-electron chi connectivity index (χ1n) is 8.66. The molecule has 0 radical (unpaired) electrons. The van der Waals surface area contributed by atoms with Crippen LogP contribution in [-0.4, -0.2) is 65.7 Å². The van der Waals surface area contributed by atoms with Crippen LogP contribution >= 0.6 is 0 Å². The highest BCUT2D eigenvalue weighted by Gasteiger charge is 2.23. The van der Waals surface area contributed by atoms with Crippen molar-refractivity contribution in [2.24, 2.45) is 0 Å². The summed E-state index contributed by atoms with van der Waals surface area (Å²) in [5, 5.41) is 31.9. The zero-order chi connectivity index (χ0) is 19.7. The topological polar surface area (TPSA) is 110 Å². The average Bonchev–Trinajstić information content (AvgIpc) is 2.58. The van der Waals surface area contributed by atoms with E-state index in [1.54, 1.807) is 7.05 Å². The van der Waals surface area contributed by atoms with Crippen LogP contribution in [0, 0.1) is 0 Å². The van der Waals surface area contributed by atoms with Crippen LogP contribution in [0.25, 0.3) is 5.57 Å². The number of nitrogens with zero attached hydrogens (tertiary/aromatic N) is 1. The standard InChI is InChI=1S/C19H28N2O5/c1-4-5-6-14(17(24)12-21(3)10-9-20-2)18(19(25)26)13-7-8-15(22)16(23)11-13/h7-8,11,20,22-23H,4-6,9-10,12H2,1-3H3,(H,25,26)/b18-14-. The quantitative estimate of drug-likeness (QED) is 0.350. The molecule has 0 amide bonds. The zero-order valence-electron chi connectivity index (χ0n) is 15.6. The van der Waals surface area contributed by atoms with Gasteiger partial charge in [0, 0.05) is 18.7 Å². The Morgan fingerprint density at radius 3 is 2.42 bits per heavy atom. The lowest BCUT2D eigenvalue weighted by molar-refractivity contribution is -0.130. The van der Waals surface area contributed by atoms with Gasteiger partial charge in [-0.3, -0.25) is 9.69 Å². The molecule has 4 N–H and O–H groups in total. The van der Waals surface area contributed by atoms with Crippen LogP contribution in [0.4, 0.5) is 0 Å². The number of phenolic OH excluding ortho intramolecular Hbond substituents is 2. The van der Waals surface area contributed by atoms with Gasteiger partial charge in [-0.1, -0.05) is 19.4 Å². The van der Waals surface area contributed by atoms with E-state index in [1.807, 2.05) is 18.9 Å². The molecule has 0 bridgehead atoms. The van der Waals surface area contributed by atoms with Gasteiger partial charge in [-0.15, -0.1) is 0 Å². The third-order valence-electron chi connectivity index (χ3n) is 4.05. The van der Waals surface area contributed by atoms with E-state index >= 15 is 0 Å². The molecule has 0 atom stereocenters. The maximum Gasteiger partial charge on any atom is 0.336 e. The van der Waals surface area contributed by atoms with Crippen LogP contribution in [0.15, 0.2) is 23.8 Å². The van der Waals surface area contributed by atoms with Crippen molar-refractivity contribution < 1.29 is 24.9 Å². The van der Waals surface area contributed by atoms with Crippen LogP contribution in [0.2, 0.25) is 0 Å². The fourth-order valence-corrected chi connectivity index (χ4v) is 2.59. The fraction of sp³-hybridized carbons (Fsp3) is 0.474. The maximum absolute atomic E-state index is 12.8. The van der Waals surface area contributed by atoms with Gasteiger partial charge in [0.05, 0.1) is 12.1 Å². The fourth-order valence-electron chi connectivity index (χ4n) is 2.59. The lowest BCUT2D eigenvalue weighted by atomic mass is 9.93. The van der Waals surface area contributed by atoms with E-state index in [2.05, 4.69) is 5.32 Å². The minimum atomic E-state index is -1.23. The molecule has 0 aromatic heterocycles. The van der Waals surface area contributed by atoms with Gasteiger partial charge in [-0.05, 0) is 44.6 Å². The Hall–Kier alpha value is -2.38. The van der Waals surface area contributed by atoms with Gasteiger partial charge in [0.2, 0.25) is 0 Å². The van der Waals surface area contributed by atoms with E-state index in [0.717, 1.165) is 13.0 Å². The molecule has 1 rings (SSSR count). The number of carbonyl (C=O) groups excluding carboxylic acids is 1. The molecule has 0 saturated carbocycles. The van der Waals surface area contributed by atoms with Gasteiger partial charge >= 0.3 is 5.97 Å². The number of ketones is 1. The highest BCUT2D eigenvalue weighted by Crippen LogP contribution is 2.31. The van der Waals surface area contributed by atoms with Gasteiger partial charge in [0.1, 0.15) is 0 Å². The van der Waals surface area contributed by atoms with Gasteiger partial charge < -0.3 is 20.6 Å². The van der Waals surface area contributed by atoms with E-state index in [-0.39, 0.29) is 34.8 Å². The molecule has 0 spiro atoms. The summed E-state index contributed by atoms with van der Waals surface area (Å²) in [5.41, 5.74) is 0.312. The molecule has 1 aromatic carbocycles. The predicted molar refractivity (Wildman–Crippen MR) is 100 cm³/mol. The smallest absolute Gasteiger partial charge is 0.336 e. The van der Waals surface area contributed by atoms with E-state index < -0.39 is 11.7 Å². The van der Waals surface area contributed by atoms with Crippen LogP contribution in [0.5, 0.6) is 11.5 Å². The van der Waals surface area contributed by atoms with Crippen LogP contribution in [0.3, 0.4) is 0 Å². The molecular formula is C19H28N2O5. The lowest BCUT2D eigenvalue weighted by Crippen LogP contribution is -2.33. The third-order valence-corrected chi connectivity index (χ3v) is 4.05. The number of carboxylic acid groups (broad SMARTS) is 1. The van der Waals surface area contributed by atoms with E-state index in [1.165, 1.54) is 18.2 Å². The highest BCUT2D eigenvalue weighted by atomic mass is 16.4. The van der Waals surface area contributed by atoms with Gasteiger partial charge in [0.15, 0.2) is 17.3 Å². The summed E-state index contributed by atoms with van der Waals surface area (Å²) in [6.07, 6.45) is 1.85. The number of benzene rings is 1. The summed E-state index contributed by atoms with van der Waals surface area (Å²) in [7, 11) is 3.63. The predicted octanol–water partition coefficient (Wildman–Crippen LogP) is 1.85. The number of aliphatic carboxylic acids is 1. The number of phenols is 2. The number of aromatic hydroxyl groups is 2. The SMILES string of the molecule is CCCC/C(C(=O)CN(C)CCNC)=C(/C(=O)O)c1ccc(O)c(O)c1. The normalized spacial score (nSPS) is 12.2. The number of carboxylic acids is 1. The van der Waals surface area contributed by atoms with Crippen molar-refractivity contribution in [3.63, 3.8) is 0 Å². The number of hydrogen-bond donors (Lipinski definition) is 4. The second-order valence-corrected chi connectivity index (χ2v) is 6.23. The van der Waals surface area contributed by atoms with Gasteiger partial charge in [-0.2, -0.15) is 0 Å². The van der Waals surface area contributed by atoms with E-state index in [0.29, 0.717) is 19.4 Å². The second kappa shape index (κ2) is 10.6. The Morgan fingerprint density at radius 1 is 1.19 bits per heavy atom. The number of unbranched alkanes of at least 4 members (excludes halogenated alkanes) is 1. The van der Waals surface area contributed by atoms with Crippen molar-refractivity contribution in [3.8, 4) is 11.5 Å². The molecule has 7 nitrogen and oxygen atoms in total. The summed E-state index contributed by atoms with van der Waals surface area (Å²) in [5.74, 6) is -2.24. The number of Topliss-reactive ketones (excluding diaryl/α,β-unsaturated/α-hetero) is 1. The first-order valence-corrected chi connectivity index (χ1v) is 8.66. The molecule has 0 heterocycles. The van der Waals surface area contributed by atoms with Crippen molar-refractivity contribution in [1.82, 2.24) is 10.2 Å². The molecule has 1 aromatic rings. The minimum Gasteiger partial charge on any atom is -0.504 e. The molecule has 144 valence electrons. The molecule has 0 unspecified atom stereocenters. The molecule has 0 aliphatic heterocycles. The van der Waals surface area contributed by atoms with E-state index in [9.17, 15) is 24.9 Å². The highest BCUT2D eigenvalue weighted by molar-refractivity contribution is 6.23. The van der Waals surface area contributed by atoms with Crippen molar-refractivity contribution in [2.45, 2.75) is 26.2 Å². The maximum atomic E-state index is 12.8. The van der Waals surface area contributed by atoms with E-state index in [4.69, 9.17) is 0 Å². The molecule has 0 aliphatic carbocycles. The van der Waals surface area contributed by atoms with Crippen molar-refractivity contribution in [2.75, 3.05) is 33.7 Å². The van der Waals surface area contributed by atoms with Crippen LogP contribution in [-0.2, 0) is 9.59 Å². The number of hydrogen-bond acceptors (Lipinski definition) is 6. The summed E-state index contributed by atoms with van der Waals surface area (Å²) in [6, 6.07) is 3.78. The Morgan fingerprint density at radius 2 is 1.88 bits per heavy atom. The van der Waals surface area contributed by atoms with Crippen molar-refractivity contribution in [3.05, 3.63) is 29.3 Å². The van der Waals surface area contributed by atoms with Crippen molar-refractivity contribution in [1.29, 1.82) is 0 Å². The summed E-state index contributed by atoms with van der Waals surface area (Å²) < 4.78 is 0. The first-order chi connectivity index (χ1) is 12.3. The Labute approximate surface area is 154 Å². The molecule has 0 aliphatic rings. The van der Waals surface area contributed by atoms with Crippen LogP contribution < -0.4 is 5.32 Å². The summed E-state index contributed by atoms with van der Waals surface area (Å²) in [6.45, 7) is 3.46. The Kier molecular flexibility index (Phi) is 8.81. The monoisotopic (exact) mass is 364 g/mol. The molecule has 7 heteroatoms. The molecule has 26 heavy (non-hydrogen) atoms. The zero-order valence-corrected chi connectivity index (χ0v) is 15.6.